The van der Waals surface area contributed by atoms with Crippen LogP contribution in [0.15, 0.2) is 54.6 Å². The van der Waals surface area contributed by atoms with E-state index < -0.39 is 0 Å². The molecule has 4 aromatic rings. The molecule has 0 saturated carbocycles. The maximum atomic E-state index is 12.7. The molecular weight excluding hydrogens is 420 g/mol. The van der Waals surface area contributed by atoms with Crippen molar-refractivity contribution in [2.45, 2.75) is 12.3 Å². The molecule has 0 spiro atoms. The number of hydrogen-bond donors (Lipinski definition) is 3. The van der Waals surface area contributed by atoms with Crippen molar-refractivity contribution < 1.29 is 19.4 Å². The van der Waals surface area contributed by atoms with Crippen molar-refractivity contribution in [3.63, 3.8) is 0 Å². The number of benzene rings is 2. The topological polar surface area (TPSA) is 108 Å². The van der Waals surface area contributed by atoms with Gasteiger partial charge in [0.2, 0.25) is 5.91 Å². The summed E-state index contributed by atoms with van der Waals surface area (Å²) in [6.07, 6.45) is 0.400. The molecule has 8 heteroatoms. The number of fused-ring (bicyclic) bond motifs is 4. The predicted molar refractivity (Wildman–Crippen MR) is 127 cm³/mol. The molecule has 6 rings (SSSR count). The highest BCUT2D eigenvalue weighted by molar-refractivity contribution is 6.06. The molecule has 2 aliphatic rings. The minimum absolute atomic E-state index is 0.0401. The Kier molecular flexibility index (Phi) is 5.66. The van der Waals surface area contributed by atoms with Gasteiger partial charge in [-0.25, -0.2) is 4.98 Å². The lowest BCUT2D eigenvalue weighted by molar-refractivity contribution is -0.123. The Balaban J connectivity index is 0.000000724. The molecule has 1 amide bonds. The van der Waals surface area contributed by atoms with Crippen LogP contribution in [-0.4, -0.2) is 53.8 Å². The average molecular weight is 444 g/mol. The molecule has 2 aromatic heterocycles. The van der Waals surface area contributed by atoms with Gasteiger partial charge < -0.3 is 25.0 Å². The first kappa shape index (κ1) is 21.0. The Hall–Kier alpha value is -3.91. The van der Waals surface area contributed by atoms with Crippen LogP contribution in [-0.2, 0) is 14.3 Å². The van der Waals surface area contributed by atoms with E-state index in [9.17, 15) is 4.79 Å². The average Bonchev–Trinajstić information content (AvgIpc) is 3.22. The molecule has 1 saturated heterocycles. The van der Waals surface area contributed by atoms with Gasteiger partial charge in [0.15, 0.2) is 0 Å². The quantitative estimate of drug-likeness (QED) is 0.407. The predicted octanol–water partition coefficient (Wildman–Crippen LogP) is 3.73. The number of anilines is 2. The summed E-state index contributed by atoms with van der Waals surface area (Å²) in [6, 6.07) is 18.5. The van der Waals surface area contributed by atoms with Crippen LogP contribution in [0, 0.1) is 0 Å². The first-order valence-electron chi connectivity index (χ1n) is 10.9. The minimum Gasteiger partial charge on any atom is -0.483 e. The van der Waals surface area contributed by atoms with Crippen molar-refractivity contribution in [3.05, 3.63) is 65.9 Å². The van der Waals surface area contributed by atoms with Crippen LogP contribution in [0.4, 0.5) is 11.5 Å². The number of ether oxygens (including phenoxy) is 1. The monoisotopic (exact) mass is 444 g/mol. The lowest BCUT2D eigenvalue weighted by Crippen LogP contribution is -2.38. The Morgan fingerprint density at radius 2 is 1.82 bits per heavy atom. The Morgan fingerprint density at radius 3 is 2.64 bits per heavy atom. The van der Waals surface area contributed by atoms with Gasteiger partial charge in [0.25, 0.3) is 6.47 Å². The van der Waals surface area contributed by atoms with Crippen molar-refractivity contribution >= 4 is 45.7 Å². The second kappa shape index (κ2) is 8.91. The van der Waals surface area contributed by atoms with Crippen LogP contribution < -0.4 is 10.2 Å². The molecular formula is C25H24N4O4. The number of aromatic nitrogens is 2. The van der Waals surface area contributed by atoms with Crippen LogP contribution in [0.1, 0.15) is 23.6 Å². The maximum absolute atomic E-state index is 12.7. The number of para-hydroxylation sites is 2. The summed E-state index contributed by atoms with van der Waals surface area (Å²) in [5.74, 6) is 0.927. The van der Waals surface area contributed by atoms with E-state index in [1.807, 2.05) is 30.3 Å². The van der Waals surface area contributed by atoms with Crippen LogP contribution in [0.3, 0.4) is 0 Å². The molecule has 8 nitrogen and oxygen atoms in total. The lowest BCUT2D eigenvalue weighted by Gasteiger charge is -2.32. The Bertz CT molecular complexity index is 1330. The molecule has 1 atom stereocenters. The van der Waals surface area contributed by atoms with Gasteiger partial charge in [0, 0.05) is 53.0 Å². The van der Waals surface area contributed by atoms with E-state index in [0.29, 0.717) is 19.6 Å². The number of rotatable bonds is 2. The van der Waals surface area contributed by atoms with Crippen molar-refractivity contribution in [1.29, 1.82) is 0 Å². The van der Waals surface area contributed by atoms with Crippen molar-refractivity contribution in [1.82, 2.24) is 9.97 Å². The summed E-state index contributed by atoms with van der Waals surface area (Å²) < 4.78 is 5.57. The first-order chi connectivity index (χ1) is 16.2. The molecule has 4 heterocycles. The number of carbonyl (C=O) groups is 2. The highest BCUT2D eigenvalue weighted by atomic mass is 16.5. The number of carbonyl (C=O) groups excluding carboxylic acids is 1. The molecule has 3 N–H and O–H groups in total. The fraction of sp³-hybridized carbons (Fsp3) is 0.240. The smallest absolute Gasteiger partial charge is 0.290 e. The van der Waals surface area contributed by atoms with E-state index in [2.05, 4.69) is 39.5 Å². The summed E-state index contributed by atoms with van der Waals surface area (Å²) in [5.41, 5.74) is 5.06. The molecule has 1 fully saturated rings. The number of morpholine rings is 1. The largest absolute Gasteiger partial charge is 0.483 e. The van der Waals surface area contributed by atoms with Crippen molar-refractivity contribution in [2.24, 2.45) is 0 Å². The number of aromatic amines is 1. The Morgan fingerprint density at radius 1 is 1.09 bits per heavy atom. The van der Waals surface area contributed by atoms with E-state index in [-0.39, 0.29) is 18.3 Å². The summed E-state index contributed by atoms with van der Waals surface area (Å²) in [4.78, 5) is 32.0. The third-order valence-corrected chi connectivity index (χ3v) is 6.16. The molecule has 2 aromatic carbocycles. The second-order valence-electron chi connectivity index (χ2n) is 8.06. The van der Waals surface area contributed by atoms with E-state index in [4.69, 9.17) is 19.6 Å². The molecule has 0 bridgehead atoms. The standard InChI is InChI=1S/C24H22N4O2.CH2O2/c29-21-14-17(23-22(27-21)16-6-2-4-8-20(16)25-23)18-13-15-5-1-3-7-19(15)26-24(18)28-9-11-30-12-10-28;2-1-3/h1-8,13,17,25H,9-12,14H2,(H,27,29);1H,(H,2,3). The zero-order chi connectivity index (χ0) is 22.8. The zero-order valence-electron chi connectivity index (χ0n) is 18.0. The van der Waals surface area contributed by atoms with Gasteiger partial charge >= 0.3 is 0 Å². The highest BCUT2D eigenvalue weighted by Crippen LogP contribution is 2.44. The zero-order valence-corrected chi connectivity index (χ0v) is 18.0. The van der Waals surface area contributed by atoms with Crippen LogP contribution >= 0.6 is 0 Å². The van der Waals surface area contributed by atoms with E-state index in [1.165, 1.54) is 0 Å². The van der Waals surface area contributed by atoms with Crippen LogP contribution in [0.5, 0.6) is 0 Å². The summed E-state index contributed by atoms with van der Waals surface area (Å²) in [5, 5.41) is 12.1. The molecule has 33 heavy (non-hydrogen) atoms. The minimum atomic E-state index is -0.250. The first-order valence-corrected chi connectivity index (χ1v) is 10.9. The molecule has 0 aliphatic carbocycles. The number of amides is 1. The number of nitrogens with one attached hydrogen (secondary N) is 2. The van der Waals surface area contributed by atoms with Gasteiger partial charge in [-0.05, 0) is 18.2 Å². The number of H-pyrrole nitrogens is 1. The van der Waals surface area contributed by atoms with Gasteiger partial charge in [-0.2, -0.15) is 0 Å². The molecule has 1 unspecified atom stereocenters. The van der Waals surface area contributed by atoms with Crippen molar-refractivity contribution in [3.8, 4) is 0 Å². The van der Waals surface area contributed by atoms with Crippen molar-refractivity contribution in [2.75, 3.05) is 36.5 Å². The molecule has 0 radical (unpaired) electrons. The highest BCUT2D eigenvalue weighted by Gasteiger charge is 2.33. The SMILES string of the molecule is O=C1CC(c2cc3ccccc3nc2N2CCOCC2)c2[nH]c3ccccc3c2N1.O=CO. The van der Waals surface area contributed by atoms with Gasteiger partial charge in [-0.15, -0.1) is 0 Å². The third kappa shape index (κ3) is 3.89. The number of nitrogens with zero attached hydrogens (tertiary/aromatic N) is 2. The van der Waals surface area contributed by atoms with Gasteiger partial charge in [0.05, 0.1) is 24.4 Å². The maximum Gasteiger partial charge on any atom is 0.290 e. The van der Waals surface area contributed by atoms with E-state index in [1.54, 1.807) is 0 Å². The second-order valence-corrected chi connectivity index (χ2v) is 8.06. The van der Waals surface area contributed by atoms with Gasteiger partial charge in [-0.3, -0.25) is 9.59 Å². The number of pyridine rings is 1. The summed E-state index contributed by atoms with van der Waals surface area (Å²) in [7, 11) is 0. The number of hydrogen-bond acceptors (Lipinski definition) is 5. The van der Waals surface area contributed by atoms with Crippen LogP contribution in [0.2, 0.25) is 0 Å². The lowest BCUT2D eigenvalue weighted by atomic mass is 9.88. The fourth-order valence-corrected chi connectivity index (χ4v) is 4.71. The van der Waals surface area contributed by atoms with E-state index >= 15 is 0 Å². The normalized spacial score (nSPS) is 17.8. The Labute approximate surface area is 190 Å². The van der Waals surface area contributed by atoms with Gasteiger partial charge in [-0.1, -0.05) is 36.4 Å². The van der Waals surface area contributed by atoms with E-state index in [0.717, 1.165) is 57.7 Å². The summed E-state index contributed by atoms with van der Waals surface area (Å²) >= 11 is 0. The summed E-state index contributed by atoms with van der Waals surface area (Å²) in [6.45, 7) is 2.74. The third-order valence-electron chi connectivity index (χ3n) is 6.16. The molecule has 168 valence electrons. The number of carboxylic acid groups (broad SMARTS) is 1. The van der Waals surface area contributed by atoms with Crippen LogP contribution in [0.25, 0.3) is 21.8 Å². The molecule has 2 aliphatic heterocycles. The van der Waals surface area contributed by atoms with Gasteiger partial charge in [0.1, 0.15) is 5.82 Å². The fourth-order valence-electron chi connectivity index (χ4n) is 4.71.